The molecule has 0 aromatic carbocycles. The van der Waals surface area contributed by atoms with Gasteiger partial charge in [-0.1, -0.05) is 24.5 Å². The molecule has 4 aromatic heterocycles. The molecule has 0 amide bonds. The number of aromatic nitrogens is 8. The number of ether oxygens (including phenoxy) is 1. The summed E-state index contributed by atoms with van der Waals surface area (Å²) in [5.41, 5.74) is 7.31. The number of aliphatic hydroxyl groups is 1. The lowest BCUT2D eigenvalue weighted by molar-refractivity contribution is -0.0465. The van der Waals surface area contributed by atoms with Crippen molar-refractivity contribution in [3.63, 3.8) is 0 Å². The first-order valence-corrected chi connectivity index (χ1v) is 16.7. The fraction of sp³-hybridized carbons (Fsp3) is 0.444. The average Bonchev–Trinajstić information content (AvgIpc) is 3.56. The summed E-state index contributed by atoms with van der Waals surface area (Å²) in [6.07, 6.45) is 0.372. The van der Waals surface area contributed by atoms with Crippen LogP contribution in [0.25, 0.3) is 22.3 Å². The van der Waals surface area contributed by atoms with Crippen molar-refractivity contribution < 1.29 is 37.1 Å². The summed E-state index contributed by atoms with van der Waals surface area (Å²) in [7, 11) is 0. The molecule has 3 N–H and O–H groups in total. The third kappa shape index (κ3) is 5.31. The average molecular weight is 618 g/mol. The predicted molar refractivity (Wildman–Crippen MR) is 140 cm³/mol. The number of rotatable bonds is 1. The van der Waals surface area contributed by atoms with Crippen LogP contribution in [-0.4, -0.2) is 75.7 Å². The molecule has 21 heteroatoms. The molecule has 6 rings (SSSR count). The minimum atomic E-state index is -4.16. The van der Waals surface area contributed by atoms with Crippen molar-refractivity contribution in [3.05, 3.63) is 31.0 Å². The van der Waals surface area contributed by atoms with Crippen molar-refractivity contribution in [1.82, 2.24) is 39.0 Å². The van der Waals surface area contributed by atoms with Crippen LogP contribution in [0.15, 0.2) is 25.2 Å². The monoisotopic (exact) mass is 617 g/mol. The van der Waals surface area contributed by atoms with Crippen LogP contribution in [0.4, 0.5) is 5.82 Å². The molecule has 1 saturated heterocycles. The van der Waals surface area contributed by atoms with Gasteiger partial charge in [-0.2, -0.15) is 0 Å². The van der Waals surface area contributed by atoms with E-state index in [4.69, 9.17) is 28.6 Å². The third-order valence-electron chi connectivity index (χ3n) is 6.05. The van der Waals surface area contributed by atoms with Crippen molar-refractivity contribution in [2.24, 2.45) is 0 Å². The van der Waals surface area contributed by atoms with Gasteiger partial charge < -0.3 is 20.1 Å². The Morgan fingerprint density at radius 1 is 1.05 bits per heavy atom. The number of aliphatic hydroxyl groups excluding tert-OH is 1. The summed E-state index contributed by atoms with van der Waals surface area (Å²) in [5, 5.41) is 11.1. The zero-order chi connectivity index (χ0) is 27.4. The van der Waals surface area contributed by atoms with Crippen molar-refractivity contribution in [3.8, 4) is 0 Å². The highest BCUT2D eigenvalue weighted by Crippen LogP contribution is 2.58. The lowest BCUT2D eigenvalue weighted by Gasteiger charge is -2.24. The van der Waals surface area contributed by atoms with Crippen LogP contribution in [0.2, 0.25) is 0 Å². The molecule has 1 fully saturated rings. The van der Waals surface area contributed by atoms with Crippen LogP contribution in [0.1, 0.15) is 12.1 Å². The summed E-state index contributed by atoms with van der Waals surface area (Å²) >= 11 is 8.16. The topological polar surface area (TPSA) is 214 Å². The van der Waals surface area contributed by atoms with Gasteiger partial charge >= 0.3 is 13.6 Å². The highest BCUT2D eigenvalue weighted by atomic mass is 32.7. The van der Waals surface area contributed by atoms with Gasteiger partial charge in [0.15, 0.2) is 23.3 Å². The van der Waals surface area contributed by atoms with Gasteiger partial charge in [0.1, 0.15) is 54.4 Å². The Bertz CT molecular complexity index is 1640. The molecule has 39 heavy (non-hydrogen) atoms. The van der Waals surface area contributed by atoms with E-state index < -0.39 is 44.7 Å². The van der Waals surface area contributed by atoms with Crippen LogP contribution in [0, 0.1) is 0 Å². The quantitative estimate of drug-likeness (QED) is 0.176. The summed E-state index contributed by atoms with van der Waals surface area (Å²) in [6, 6.07) is 0. The maximum atomic E-state index is 13.4. The standard InChI is InChI=1S/C18H21N9O8P2S2/c19-15-12-17(23-7-21-15)27(8-24-12)18-14-13(28)10(34-18)4-32-36(29,38)31-2-1-26-11(5-33-37(30,39)35-14)25-9-3-20-6-22-16(9)26/h3,6-8,10,13-14,18,28H,1-2,4-5H2,(H,29,38)(H,30,39)(H2,19,21,23)/t10-,13-,14-,18-,36?,37?/m1/s1. The minimum absolute atomic E-state index is 0.111. The largest absolute Gasteiger partial charge is 0.387 e. The van der Waals surface area contributed by atoms with Crippen molar-refractivity contribution in [2.75, 3.05) is 18.9 Å². The van der Waals surface area contributed by atoms with Gasteiger partial charge in [-0.3, -0.25) is 22.7 Å². The second kappa shape index (κ2) is 10.3. The Hall–Kier alpha value is -2.18. The molecule has 0 radical (unpaired) electrons. The normalized spacial score (nSPS) is 32.6. The highest BCUT2D eigenvalue weighted by Gasteiger charge is 2.49. The maximum Gasteiger partial charge on any atom is 0.387 e. The molecular formula is C18H21N9O8P2S2. The van der Waals surface area contributed by atoms with Crippen LogP contribution < -0.4 is 5.73 Å². The number of nitrogens with two attached hydrogens (primary N) is 1. The molecule has 0 aliphatic carbocycles. The molecule has 2 aliphatic heterocycles. The minimum Gasteiger partial charge on any atom is -0.387 e. The molecule has 0 saturated carbocycles. The van der Waals surface area contributed by atoms with Gasteiger partial charge in [-0.05, 0) is 0 Å². The molecule has 2 unspecified atom stereocenters. The lowest BCUT2D eigenvalue weighted by atomic mass is 10.1. The first-order chi connectivity index (χ1) is 18.6. The van der Waals surface area contributed by atoms with Gasteiger partial charge in [0.25, 0.3) is 0 Å². The first kappa shape index (κ1) is 27.0. The zero-order valence-corrected chi connectivity index (χ0v) is 23.3. The van der Waals surface area contributed by atoms with Crippen LogP contribution in [0.5, 0.6) is 0 Å². The number of thiol groups is 2. The second-order valence-electron chi connectivity index (χ2n) is 8.46. The van der Waals surface area contributed by atoms with E-state index in [2.05, 4.69) is 54.4 Å². The van der Waals surface area contributed by atoms with E-state index in [1.807, 2.05) is 0 Å². The van der Waals surface area contributed by atoms with Gasteiger partial charge in [0, 0.05) is 6.54 Å². The summed E-state index contributed by atoms with van der Waals surface area (Å²) in [5.74, 6) is 0.412. The summed E-state index contributed by atoms with van der Waals surface area (Å²) < 4.78 is 57.4. The third-order valence-corrected chi connectivity index (χ3v) is 9.32. The van der Waals surface area contributed by atoms with Crippen molar-refractivity contribution in [1.29, 1.82) is 0 Å². The number of fused-ring (bicyclic) bond motifs is 6. The predicted octanol–water partition coefficient (Wildman–Crippen LogP) is 1.53. The van der Waals surface area contributed by atoms with Gasteiger partial charge in [0.2, 0.25) is 0 Å². The number of hydrogen-bond acceptors (Lipinski definition) is 15. The van der Waals surface area contributed by atoms with E-state index in [1.54, 1.807) is 4.57 Å². The molecule has 4 aromatic rings. The van der Waals surface area contributed by atoms with Crippen molar-refractivity contribution >= 4 is 66.2 Å². The fourth-order valence-electron chi connectivity index (χ4n) is 4.30. The van der Waals surface area contributed by atoms with E-state index in [1.165, 1.54) is 29.7 Å². The SMILES string of the molecule is Nc1ncnc2c1ncn2[C@@H]1O[C@@H]2COP(=O)(S)OCCn3c(nc4cncnc43)COP(=O)(S)O[C@@H]1[C@@H]2O. The molecule has 2 aliphatic rings. The number of imidazole rings is 2. The van der Waals surface area contributed by atoms with E-state index in [0.717, 1.165) is 0 Å². The van der Waals surface area contributed by atoms with Gasteiger partial charge in [0.05, 0.1) is 25.7 Å². The molecule has 0 spiro atoms. The molecule has 6 atom stereocenters. The smallest absolute Gasteiger partial charge is 0.387 e. The Morgan fingerprint density at radius 3 is 2.72 bits per heavy atom. The molecule has 208 valence electrons. The Labute approximate surface area is 229 Å². The fourth-order valence-corrected chi connectivity index (χ4v) is 6.84. The zero-order valence-electron chi connectivity index (χ0n) is 19.7. The van der Waals surface area contributed by atoms with E-state index in [9.17, 15) is 14.2 Å². The van der Waals surface area contributed by atoms with Crippen LogP contribution in [0.3, 0.4) is 0 Å². The molecular weight excluding hydrogens is 596 g/mol. The van der Waals surface area contributed by atoms with E-state index >= 15 is 0 Å². The Balaban J connectivity index is 1.37. The van der Waals surface area contributed by atoms with E-state index in [0.29, 0.717) is 17.0 Å². The maximum absolute atomic E-state index is 13.4. The number of anilines is 1. The number of hydrogen-bond donors (Lipinski definition) is 4. The summed E-state index contributed by atoms with van der Waals surface area (Å²) in [4.78, 5) is 24.9. The first-order valence-electron chi connectivity index (χ1n) is 11.3. The van der Waals surface area contributed by atoms with E-state index in [-0.39, 0.29) is 36.7 Å². The van der Waals surface area contributed by atoms with Gasteiger partial charge in [-0.25, -0.2) is 39.0 Å². The summed E-state index contributed by atoms with van der Waals surface area (Å²) in [6.45, 7) is -8.77. The van der Waals surface area contributed by atoms with Gasteiger partial charge in [-0.15, -0.1) is 0 Å². The van der Waals surface area contributed by atoms with Crippen LogP contribution in [-0.2, 0) is 45.1 Å². The lowest BCUT2D eigenvalue weighted by Crippen LogP contribution is -2.35. The molecule has 6 heterocycles. The number of nitrogen functional groups attached to an aromatic ring is 1. The Morgan fingerprint density at radius 2 is 1.87 bits per heavy atom. The Kier molecular flexibility index (Phi) is 7.16. The van der Waals surface area contributed by atoms with Crippen molar-refractivity contribution in [2.45, 2.75) is 37.7 Å². The second-order valence-corrected chi connectivity index (χ2v) is 14.3. The van der Waals surface area contributed by atoms with Crippen LogP contribution >= 0.6 is 38.1 Å². The number of nitrogens with zero attached hydrogens (tertiary/aromatic N) is 8. The molecule has 2 bridgehead atoms. The highest BCUT2D eigenvalue weighted by molar-refractivity contribution is 8.44. The molecule has 17 nitrogen and oxygen atoms in total.